The summed E-state index contributed by atoms with van der Waals surface area (Å²) in [5.41, 5.74) is 5.30. The highest BCUT2D eigenvalue weighted by atomic mass is 35.5. The highest BCUT2D eigenvalue weighted by molar-refractivity contribution is 7.25. The first-order valence-electron chi connectivity index (χ1n) is 11.0. The first-order valence-corrected chi connectivity index (χ1v) is 12.6. The van der Waals surface area contributed by atoms with Crippen LogP contribution in [-0.4, -0.2) is 0 Å². The Labute approximate surface area is 212 Å². The maximum Gasteiger partial charge on any atom is 0.0540 e. The molecular formula is C30H19Cl2NS. The number of thiophene rings is 1. The molecule has 1 aromatic heterocycles. The summed E-state index contributed by atoms with van der Waals surface area (Å²) < 4.78 is 2.57. The van der Waals surface area contributed by atoms with Crippen LogP contribution in [-0.2, 0) is 0 Å². The lowest BCUT2D eigenvalue weighted by Crippen LogP contribution is -2.11. The molecule has 0 atom stereocenters. The summed E-state index contributed by atoms with van der Waals surface area (Å²) in [7, 11) is 0. The van der Waals surface area contributed by atoms with Crippen LogP contribution in [0.15, 0.2) is 115 Å². The van der Waals surface area contributed by atoms with E-state index in [1.165, 1.54) is 20.2 Å². The lowest BCUT2D eigenvalue weighted by atomic mass is 10.0. The second kappa shape index (κ2) is 8.81. The molecular weight excluding hydrogens is 477 g/mol. The van der Waals surface area contributed by atoms with E-state index >= 15 is 0 Å². The molecule has 6 rings (SSSR count). The van der Waals surface area contributed by atoms with Gasteiger partial charge >= 0.3 is 0 Å². The van der Waals surface area contributed by atoms with Gasteiger partial charge < -0.3 is 4.90 Å². The number of nitrogens with zero attached hydrogens (tertiary/aromatic N) is 1. The van der Waals surface area contributed by atoms with Gasteiger partial charge in [-0.05, 0) is 60.2 Å². The zero-order chi connectivity index (χ0) is 23.1. The summed E-state index contributed by atoms with van der Waals surface area (Å²) in [4.78, 5) is 2.30. The molecule has 0 aliphatic heterocycles. The van der Waals surface area contributed by atoms with Crippen LogP contribution >= 0.6 is 34.5 Å². The highest BCUT2D eigenvalue weighted by Crippen LogP contribution is 2.44. The SMILES string of the molecule is Clc1cc(Cl)cc(-c2ccccc2N(c2ccccc2)c2ccc3c(c2)sc2ccccc23)c1. The maximum absolute atomic E-state index is 6.37. The Morgan fingerprint density at radius 2 is 1.21 bits per heavy atom. The van der Waals surface area contributed by atoms with Gasteiger partial charge in [-0.25, -0.2) is 0 Å². The van der Waals surface area contributed by atoms with E-state index in [0.29, 0.717) is 10.0 Å². The van der Waals surface area contributed by atoms with Crippen molar-refractivity contribution in [2.45, 2.75) is 0 Å². The average molecular weight is 496 g/mol. The van der Waals surface area contributed by atoms with Crippen molar-refractivity contribution in [3.8, 4) is 11.1 Å². The van der Waals surface area contributed by atoms with Crippen molar-refractivity contribution in [3.63, 3.8) is 0 Å². The Kier molecular flexibility index (Phi) is 5.50. The summed E-state index contributed by atoms with van der Waals surface area (Å²) in [6.45, 7) is 0. The zero-order valence-corrected chi connectivity index (χ0v) is 20.4. The molecule has 0 unspecified atom stereocenters. The van der Waals surface area contributed by atoms with Crippen LogP contribution in [0, 0.1) is 0 Å². The Bertz CT molecular complexity index is 1620. The predicted molar refractivity (Wildman–Crippen MR) is 149 cm³/mol. The maximum atomic E-state index is 6.37. The van der Waals surface area contributed by atoms with Gasteiger partial charge in [0, 0.05) is 47.2 Å². The van der Waals surface area contributed by atoms with E-state index in [9.17, 15) is 0 Å². The van der Waals surface area contributed by atoms with E-state index < -0.39 is 0 Å². The molecule has 164 valence electrons. The van der Waals surface area contributed by atoms with E-state index in [2.05, 4.69) is 89.8 Å². The van der Waals surface area contributed by atoms with Gasteiger partial charge in [-0.2, -0.15) is 0 Å². The molecule has 5 aromatic carbocycles. The predicted octanol–water partition coefficient (Wildman–Crippen LogP) is 10.5. The molecule has 0 N–H and O–H groups in total. The summed E-state index contributed by atoms with van der Waals surface area (Å²) in [6.07, 6.45) is 0. The molecule has 4 heteroatoms. The smallest absolute Gasteiger partial charge is 0.0540 e. The minimum atomic E-state index is 0.621. The lowest BCUT2D eigenvalue weighted by molar-refractivity contribution is 1.29. The second-order valence-electron chi connectivity index (χ2n) is 8.12. The molecule has 0 amide bonds. The monoisotopic (exact) mass is 495 g/mol. The molecule has 6 aromatic rings. The van der Waals surface area contributed by atoms with Crippen molar-refractivity contribution in [1.82, 2.24) is 0 Å². The molecule has 0 spiro atoms. The Balaban J connectivity index is 1.59. The highest BCUT2D eigenvalue weighted by Gasteiger charge is 2.18. The summed E-state index contributed by atoms with van der Waals surface area (Å²) in [5, 5.41) is 3.83. The summed E-state index contributed by atoms with van der Waals surface area (Å²) in [5.74, 6) is 0. The number of anilines is 3. The number of halogens is 2. The minimum absolute atomic E-state index is 0.621. The fourth-order valence-corrected chi connectivity index (χ4v) is 6.15. The third-order valence-electron chi connectivity index (χ3n) is 5.95. The molecule has 0 fully saturated rings. The third kappa shape index (κ3) is 3.84. The number of hydrogen-bond acceptors (Lipinski definition) is 2. The molecule has 0 bridgehead atoms. The van der Waals surface area contributed by atoms with Crippen LogP contribution < -0.4 is 4.90 Å². The second-order valence-corrected chi connectivity index (χ2v) is 10.1. The topological polar surface area (TPSA) is 3.24 Å². The summed E-state index contributed by atoms with van der Waals surface area (Å²) >= 11 is 14.6. The quantitative estimate of drug-likeness (QED) is 0.235. The van der Waals surface area contributed by atoms with Gasteiger partial charge in [-0.1, -0.05) is 83.9 Å². The molecule has 0 saturated carbocycles. The van der Waals surface area contributed by atoms with Gasteiger partial charge in [0.15, 0.2) is 0 Å². The van der Waals surface area contributed by atoms with E-state index in [0.717, 1.165) is 28.2 Å². The average Bonchev–Trinajstić information content (AvgIpc) is 3.23. The van der Waals surface area contributed by atoms with Crippen molar-refractivity contribution in [2.24, 2.45) is 0 Å². The Morgan fingerprint density at radius 1 is 0.529 bits per heavy atom. The summed E-state index contributed by atoms with van der Waals surface area (Å²) in [6, 6.07) is 39.8. The molecule has 0 radical (unpaired) electrons. The van der Waals surface area contributed by atoms with Crippen molar-refractivity contribution in [3.05, 3.63) is 125 Å². The largest absolute Gasteiger partial charge is 0.310 e. The van der Waals surface area contributed by atoms with Gasteiger partial charge in [-0.15, -0.1) is 11.3 Å². The fourth-order valence-electron chi connectivity index (χ4n) is 4.48. The molecule has 34 heavy (non-hydrogen) atoms. The van der Waals surface area contributed by atoms with Crippen molar-refractivity contribution >= 4 is 71.8 Å². The third-order valence-corrected chi connectivity index (χ3v) is 7.52. The van der Waals surface area contributed by atoms with Crippen LogP contribution in [0.1, 0.15) is 0 Å². The molecule has 0 saturated heterocycles. The van der Waals surface area contributed by atoms with Gasteiger partial charge in [-0.3, -0.25) is 0 Å². The number of benzene rings is 5. The van der Waals surface area contributed by atoms with Crippen molar-refractivity contribution in [2.75, 3.05) is 4.90 Å². The van der Waals surface area contributed by atoms with Crippen LogP contribution in [0.5, 0.6) is 0 Å². The zero-order valence-electron chi connectivity index (χ0n) is 18.1. The number of hydrogen-bond donors (Lipinski definition) is 0. The Hall–Kier alpha value is -3.30. The van der Waals surface area contributed by atoms with Gasteiger partial charge in [0.25, 0.3) is 0 Å². The van der Waals surface area contributed by atoms with Gasteiger partial charge in [0.05, 0.1) is 5.69 Å². The molecule has 1 heterocycles. The molecule has 1 nitrogen and oxygen atoms in total. The minimum Gasteiger partial charge on any atom is -0.310 e. The van der Waals surface area contributed by atoms with E-state index in [-0.39, 0.29) is 0 Å². The molecule has 0 aliphatic carbocycles. The number of fused-ring (bicyclic) bond motifs is 3. The van der Waals surface area contributed by atoms with Crippen LogP contribution in [0.25, 0.3) is 31.3 Å². The van der Waals surface area contributed by atoms with Gasteiger partial charge in [0.2, 0.25) is 0 Å². The van der Waals surface area contributed by atoms with E-state index in [4.69, 9.17) is 23.2 Å². The first kappa shape index (κ1) is 21.2. The Morgan fingerprint density at radius 3 is 2.03 bits per heavy atom. The first-order chi connectivity index (χ1) is 16.7. The normalized spacial score (nSPS) is 11.2. The molecule has 0 aliphatic rings. The van der Waals surface area contributed by atoms with Crippen molar-refractivity contribution < 1.29 is 0 Å². The van der Waals surface area contributed by atoms with Gasteiger partial charge in [0.1, 0.15) is 0 Å². The number of para-hydroxylation sites is 2. The lowest BCUT2D eigenvalue weighted by Gasteiger charge is -2.28. The van der Waals surface area contributed by atoms with Crippen LogP contribution in [0.4, 0.5) is 17.1 Å². The standard InChI is InChI=1S/C30H19Cl2NS/c31-21-16-20(17-22(32)18-21)25-10-4-6-12-28(25)33(23-8-2-1-3-9-23)24-14-15-27-26-11-5-7-13-29(26)34-30(27)19-24/h1-19H. The van der Waals surface area contributed by atoms with E-state index in [1.807, 2.05) is 35.6 Å². The van der Waals surface area contributed by atoms with Crippen LogP contribution in [0.2, 0.25) is 10.0 Å². The van der Waals surface area contributed by atoms with Crippen molar-refractivity contribution in [1.29, 1.82) is 0 Å². The van der Waals surface area contributed by atoms with Crippen LogP contribution in [0.3, 0.4) is 0 Å². The van der Waals surface area contributed by atoms with E-state index in [1.54, 1.807) is 6.07 Å². The fraction of sp³-hybridized carbons (Fsp3) is 0. The number of rotatable bonds is 4.